The van der Waals surface area contributed by atoms with Gasteiger partial charge in [0, 0.05) is 17.7 Å². The van der Waals surface area contributed by atoms with Gasteiger partial charge in [0.1, 0.15) is 6.04 Å². The molecule has 1 unspecified atom stereocenters. The first kappa shape index (κ1) is 27.4. The minimum atomic E-state index is -1.31. The van der Waals surface area contributed by atoms with E-state index in [4.69, 9.17) is 15.9 Å². The molecular formula is C19H25N9O6. The van der Waals surface area contributed by atoms with Gasteiger partial charge < -0.3 is 38.9 Å². The number of anilines is 2. The third-order valence-corrected chi connectivity index (χ3v) is 4.36. The highest BCUT2D eigenvalue weighted by Crippen LogP contribution is 2.12. The number of hydrogen-bond acceptors (Lipinski definition) is 11. The Bertz CT molecular complexity index is 1230. The number of carboxylic acids is 2. The average molecular weight is 475 g/mol. The zero-order valence-electron chi connectivity index (χ0n) is 17.9. The lowest BCUT2D eigenvalue weighted by atomic mass is 10.1. The lowest BCUT2D eigenvalue weighted by Gasteiger charge is -2.14. The van der Waals surface area contributed by atoms with Crippen molar-refractivity contribution in [3.05, 3.63) is 52.1 Å². The summed E-state index contributed by atoms with van der Waals surface area (Å²) in [6.07, 6.45) is 0.840. The summed E-state index contributed by atoms with van der Waals surface area (Å²) in [5.74, 6) is -3.16. The summed E-state index contributed by atoms with van der Waals surface area (Å²) in [4.78, 5) is 60.6. The number of hydrogen-bond donors (Lipinski definition) is 8. The highest BCUT2D eigenvalue weighted by molar-refractivity contribution is 5.96. The Balaban J connectivity index is 0.00000289. The number of amides is 1. The van der Waals surface area contributed by atoms with Crippen molar-refractivity contribution in [3.8, 4) is 0 Å². The summed E-state index contributed by atoms with van der Waals surface area (Å²) in [5.41, 5.74) is 6.47. The van der Waals surface area contributed by atoms with E-state index in [1.165, 1.54) is 18.3 Å². The molecule has 34 heavy (non-hydrogen) atoms. The molecule has 1 aromatic carbocycles. The highest BCUT2D eigenvalue weighted by atomic mass is 16.4. The van der Waals surface area contributed by atoms with Crippen molar-refractivity contribution in [1.29, 1.82) is 0 Å². The lowest BCUT2D eigenvalue weighted by Crippen LogP contribution is -2.41. The zero-order chi connectivity index (χ0) is 23.3. The number of nitrogens with two attached hydrogens (primary N) is 1. The Kier molecular flexibility index (Phi) is 9.54. The van der Waals surface area contributed by atoms with E-state index in [0.29, 0.717) is 11.4 Å². The van der Waals surface area contributed by atoms with Gasteiger partial charge >= 0.3 is 11.9 Å². The third kappa shape index (κ3) is 6.94. The minimum absolute atomic E-state index is 0. The Morgan fingerprint density at radius 3 is 2.38 bits per heavy atom. The van der Waals surface area contributed by atoms with Crippen molar-refractivity contribution in [2.75, 3.05) is 11.1 Å². The molecule has 2 heterocycles. The number of aliphatic carboxylic acids is 2. The van der Waals surface area contributed by atoms with Gasteiger partial charge in [-0.1, -0.05) is 0 Å². The van der Waals surface area contributed by atoms with Crippen molar-refractivity contribution in [1.82, 2.24) is 37.6 Å². The normalized spacial score (nSPS) is 10.9. The topological polar surface area (TPSA) is 283 Å². The first-order valence-corrected chi connectivity index (χ1v) is 9.33. The van der Waals surface area contributed by atoms with Gasteiger partial charge in [0.05, 0.1) is 18.4 Å². The van der Waals surface area contributed by atoms with E-state index < -0.39 is 29.4 Å². The molecule has 0 saturated carbocycles. The second-order valence-corrected chi connectivity index (χ2v) is 6.71. The van der Waals surface area contributed by atoms with Crippen LogP contribution in [0.5, 0.6) is 0 Å². The number of aromatic nitrogens is 4. The number of carbonyl (C=O) groups excluding carboxylic acids is 1. The molecule has 13 N–H and O–H groups in total. The zero-order valence-corrected chi connectivity index (χ0v) is 17.9. The van der Waals surface area contributed by atoms with Gasteiger partial charge in [0.25, 0.3) is 11.5 Å². The first-order chi connectivity index (χ1) is 15.2. The fraction of sp³-hybridized carbons (Fsp3) is 0.211. The molecule has 0 aliphatic rings. The molecular weight excluding hydrogens is 450 g/mol. The summed E-state index contributed by atoms with van der Waals surface area (Å²) in [5, 5.41) is 23.2. The maximum Gasteiger partial charge on any atom is 0.326 e. The number of fused-ring (bicyclic) bond motifs is 1. The Labute approximate surface area is 192 Å². The van der Waals surface area contributed by atoms with Crippen LogP contribution in [0.4, 0.5) is 11.6 Å². The molecule has 0 aliphatic heterocycles. The number of benzene rings is 1. The van der Waals surface area contributed by atoms with E-state index in [1.807, 2.05) is 0 Å². The quantitative estimate of drug-likeness (QED) is 0.206. The molecule has 15 heteroatoms. The Morgan fingerprint density at radius 1 is 1.09 bits per heavy atom. The van der Waals surface area contributed by atoms with E-state index in [0.717, 1.165) is 0 Å². The molecule has 0 fully saturated rings. The lowest BCUT2D eigenvalue weighted by molar-refractivity contribution is -0.140. The van der Waals surface area contributed by atoms with Crippen molar-refractivity contribution in [2.24, 2.45) is 0 Å². The molecule has 15 nitrogen and oxygen atoms in total. The first-order valence-electron chi connectivity index (χ1n) is 9.33. The maximum atomic E-state index is 12.3. The number of rotatable bonds is 9. The van der Waals surface area contributed by atoms with Gasteiger partial charge in [-0.05, 0) is 30.7 Å². The van der Waals surface area contributed by atoms with Crippen LogP contribution in [0.15, 0.2) is 35.3 Å². The van der Waals surface area contributed by atoms with E-state index in [2.05, 4.69) is 30.6 Å². The smallest absolute Gasteiger partial charge is 0.326 e. The van der Waals surface area contributed by atoms with Crippen LogP contribution >= 0.6 is 0 Å². The number of aromatic amines is 1. The fourth-order valence-electron chi connectivity index (χ4n) is 2.75. The maximum absolute atomic E-state index is 12.3. The molecule has 0 spiro atoms. The standard InChI is InChI=1S/C19H19N7O6.2H3N/c20-19-25-15-14(17(30)26-19)23-11(8-22-15)7-21-10-3-1-9(2-4-10)16(29)24-12(18(31)32)5-6-13(27)28;;/h1-4,8,12,21H,5-7H2,(H,24,29)(H,27,28)(H,31,32)(H3,20,22,25,26,30);2*1H3. The van der Waals surface area contributed by atoms with Gasteiger partial charge in [-0.25, -0.2) is 14.8 Å². The van der Waals surface area contributed by atoms with E-state index >= 15 is 0 Å². The van der Waals surface area contributed by atoms with E-state index in [-0.39, 0.29) is 54.4 Å². The summed E-state index contributed by atoms with van der Waals surface area (Å²) in [6.45, 7) is 0.231. The van der Waals surface area contributed by atoms with Crippen LogP contribution in [0.3, 0.4) is 0 Å². The van der Waals surface area contributed by atoms with Crippen molar-refractivity contribution < 1.29 is 24.6 Å². The van der Waals surface area contributed by atoms with Gasteiger partial charge in [-0.3, -0.25) is 19.4 Å². The third-order valence-electron chi connectivity index (χ3n) is 4.36. The number of nitrogens with one attached hydrogen (secondary N) is 3. The van der Waals surface area contributed by atoms with Gasteiger partial charge in [0.2, 0.25) is 5.95 Å². The minimum Gasteiger partial charge on any atom is -0.481 e. The number of nitrogens with zero attached hydrogens (tertiary/aromatic N) is 3. The second kappa shape index (κ2) is 11.8. The predicted octanol–water partition coefficient (Wildman–Crippen LogP) is 0.279. The molecule has 0 saturated heterocycles. The number of carbonyl (C=O) groups is 3. The highest BCUT2D eigenvalue weighted by Gasteiger charge is 2.21. The molecule has 0 bridgehead atoms. The molecule has 2 aromatic heterocycles. The van der Waals surface area contributed by atoms with Crippen LogP contribution in [0, 0.1) is 0 Å². The van der Waals surface area contributed by atoms with Crippen LogP contribution in [0.1, 0.15) is 28.9 Å². The number of carboxylic acid groups (broad SMARTS) is 2. The van der Waals surface area contributed by atoms with Crippen molar-refractivity contribution in [3.63, 3.8) is 0 Å². The SMILES string of the molecule is N.N.Nc1nc2ncc(CNc3ccc(C(=O)NC(CCC(=O)O)C(=O)O)cc3)nc2c(=O)[nH]1. The van der Waals surface area contributed by atoms with Gasteiger partial charge in [-0.2, -0.15) is 4.98 Å². The average Bonchev–Trinajstić information content (AvgIpc) is 2.75. The van der Waals surface area contributed by atoms with Crippen LogP contribution in [-0.4, -0.2) is 54.0 Å². The molecule has 0 radical (unpaired) electrons. The summed E-state index contributed by atoms with van der Waals surface area (Å²) in [6, 6.07) is 4.86. The van der Waals surface area contributed by atoms with Crippen LogP contribution in [0.2, 0.25) is 0 Å². The van der Waals surface area contributed by atoms with Gasteiger partial charge in [-0.15, -0.1) is 0 Å². The van der Waals surface area contributed by atoms with E-state index in [1.54, 1.807) is 12.1 Å². The molecule has 3 aromatic rings. The van der Waals surface area contributed by atoms with Crippen LogP contribution < -0.4 is 34.2 Å². The number of H-pyrrole nitrogens is 1. The number of nitrogen functional groups attached to an aromatic ring is 1. The van der Waals surface area contributed by atoms with Crippen LogP contribution in [0.25, 0.3) is 11.2 Å². The molecule has 3 rings (SSSR count). The van der Waals surface area contributed by atoms with Crippen LogP contribution in [-0.2, 0) is 16.1 Å². The molecule has 1 atom stereocenters. The van der Waals surface area contributed by atoms with E-state index in [9.17, 15) is 19.2 Å². The van der Waals surface area contributed by atoms with Crippen molar-refractivity contribution in [2.45, 2.75) is 25.4 Å². The Hall–Kier alpha value is -4.63. The van der Waals surface area contributed by atoms with Crippen molar-refractivity contribution >= 4 is 40.6 Å². The fourth-order valence-corrected chi connectivity index (χ4v) is 2.75. The molecule has 1 amide bonds. The van der Waals surface area contributed by atoms with Gasteiger partial charge in [0.15, 0.2) is 11.2 Å². The molecule has 182 valence electrons. The monoisotopic (exact) mass is 475 g/mol. The summed E-state index contributed by atoms with van der Waals surface area (Å²) < 4.78 is 0. The second-order valence-electron chi connectivity index (χ2n) is 6.71. The summed E-state index contributed by atoms with van der Waals surface area (Å²) >= 11 is 0. The largest absolute Gasteiger partial charge is 0.481 e. The Morgan fingerprint density at radius 2 is 1.76 bits per heavy atom. The summed E-state index contributed by atoms with van der Waals surface area (Å²) in [7, 11) is 0. The predicted molar refractivity (Wildman–Crippen MR) is 122 cm³/mol. The molecule has 0 aliphatic carbocycles.